The Bertz CT molecular complexity index is 856. The van der Waals surface area contributed by atoms with Crippen LogP contribution in [0, 0.1) is 6.92 Å². The fourth-order valence-corrected chi connectivity index (χ4v) is 2.56. The highest BCUT2D eigenvalue weighted by Gasteiger charge is 2.10. The van der Waals surface area contributed by atoms with E-state index in [-0.39, 0.29) is 37.4 Å². The van der Waals surface area contributed by atoms with Gasteiger partial charge in [0.1, 0.15) is 0 Å². The van der Waals surface area contributed by atoms with Crippen molar-refractivity contribution in [3.8, 4) is 0 Å². The molecule has 0 aliphatic carbocycles. The molecule has 3 N–H and O–H groups in total. The van der Waals surface area contributed by atoms with Crippen molar-refractivity contribution in [3.63, 3.8) is 0 Å². The molecule has 0 saturated carbocycles. The number of rotatable bonds is 7. The van der Waals surface area contributed by atoms with Crippen molar-refractivity contribution in [1.29, 1.82) is 0 Å². The lowest BCUT2D eigenvalue weighted by Crippen LogP contribution is -2.40. The van der Waals surface area contributed by atoms with Gasteiger partial charge in [0.15, 0.2) is 0 Å². The monoisotopic (exact) mass is 407 g/mol. The van der Waals surface area contributed by atoms with Gasteiger partial charge >= 0.3 is 0 Å². The second kappa shape index (κ2) is 9.94. The lowest BCUT2D eigenvalue weighted by molar-refractivity contribution is -0.120. The molecule has 0 aliphatic heterocycles. The minimum absolute atomic E-state index is 0.145. The van der Waals surface area contributed by atoms with Crippen molar-refractivity contribution in [2.24, 2.45) is 0 Å². The summed E-state index contributed by atoms with van der Waals surface area (Å²) < 4.78 is 0. The molecule has 0 heterocycles. The van der Waals surface area contributed by atoms with Crippen molar-refractivity contribution in [2.45, 2.75) is 6.92 Å². The summed E-state index contributed by atoms with van der Waals surface area (Å²) in [6.45, 7) is 2.14. The van der Waals surface area contributed by atoms with Crippen LogP contribution in [0.2, 0.25) is 10.0 Å². The molecule has 0 radical (unpaired) electrons. The first-order valence-electron chi connectivity index (χ1n) is 8.22. The lowest BCUT2D eigenvalue weighted by atomic mass is 10.1. The van der Waals surface area contributed by atoms with Crippen LogP contribution in [0.15, 0.2) is 42.5 Å². The molecule has 142 valence electrons. The molecule has 0 bridgehead atoms. The molecule has 27 heavy (non-hydrogen) atoms. The molecule has 2 rings (SSSR count). The van der Waals surface area contributed by atoms with Crippen molar-refractivity contribution in [3.05, 3.63) is 69.2 Å². The van der Waals surface area contributed by atoms with Gasteiger partial charge in [0.05, 0.1) is 16.6 Å². The maximum absolute atomic E-state index is 12.0. The van der Waals surface area contributed by atoms with Crippen molar-refractivity contribution in [1.82, 2.24) is 16.0 Å². The summed E-state index contributed by atoms with van der Waals surface area (Å²) in [6, 6.07) is 11.7. The third-order valence-electron chi connectivity index (χ3n) is 3.71. The highest BCUT2D eigenvalue weighted by molar-refractivity contribution is 6.42. The molecular formula is C19H19Cl2N3O3. The Morgan fingerprint density at radius 3 is 2.26 bits per heavy atom. The molecule has 8 heteroatoms. The molecule has 3 amide bonds. The first kappa shape index (κ1) is 20.7. The van der Waals surface area contributed by atoms with E-state index < -0.39 is 0 Å². The normalized spacial score (nSPS) is 10.2. The summed E-state index contributed by atoms with van der Waals surface area (Å²) in [7, 11) is 0. The largest absolute Gasteiger partial charge is 0.353 e. The van der Waals surface area contributed by atoms with Crippen LogP contribution in [0.4, 0.5) is 0 Å². The molecule has 0 fully saturated rings. The van der Waals surface area contributed by atoms with Crippen LogP contribution in [0.3, 0.4) is 0 Å². The first-order chi connectivity index (χ1) is 12.9. The zero-order chi connectivity index (χ0) is 19.8. The standard InChI is InChI=1S/C19H19Cl2N3O3/c1-12-4-2-3-5-14(12)19(27)24-11-17(25)22-8-9-23-18(26)13-6-7-15(20)16(21)10-13/h2-7,10H,8-9,11H2,1H3,(H,22,25)(H,23,26)(H,24,27). The Hall–Kier alpha value is -2.57. The van der Waals surface area contributed by atoms with Gasteiger partial charge in [0.2, 0.25) is 5.91 Å². The summed E-state index contributed by atoms with van der Waals surface area (Å²) in [4.78, 5) is 35.8. The van der Waals surface area contributed by atoms with Crippen molar-refractivity contribution in [2.75, 3.05) is 19.6 Å². The molecule has 6 nitrogen and oxygen atoms in total. The smallest absolute Gasteiger partial charge is 0.251 e. The molecule has 0 unspecified atom stereocenters. The predicted octanol–water partition coefficient (Wildman–Crippen LogP) is 2.58. The van der Waals surface area contributed by atoms with Crippen LogP contribution in [-0.4, -0.2) is 37.4 Å². The van der Waals surface area contributed by atoms with Crippen LogP contribution >= 0.6 is 23.2 Å². The Labute approximate surface area is 167 Å². The van der Waals surface area contributed by atoms with Gasteiger partial charge in [-0.1, -0.05) is 41.4 Å². The van der Waals surface area contributed by atoms with E-state index in [0.717, 1.165) is 5.56 Å². The maximum Gasteiger partial charge on any atom is 0.251 e. The predicted molar refractivity (Wildman–Crippen MR) is 105 cm³/mol. The molecule has 0 spiro atoms. The molecular weight excluding hydrogens is 389 g/mol. The Morgan fingerprint density at radius 2 is 1.56 bits per heavy atom. The van der Waals surface area contributed by atoms with Gasteiger partial charge in [-0.3, -0.25) is 14.4 Å². The second-order valence-electron chi connectivity index (χ2n) is 5.73. The second-order valence-corrected chi connectivity index (χ2v) is 6.55. The first-order valence-corrected chi connectivity index (χ1v) is 8.98. The van der Waals surface area contributed by atoms with E-state index >= 15 is 0 Å². The summed E-state index contributed by atoms with van der Waals surface area (Å²) in [5.41, 5.74) is 1.74. The Kier molecular flexibility index (Phi) is 7.64. The molecule has 0 aromatic heterocycles. The van der Waals surface area contributed by atoms with E-state index in [4.69, 9.17) is 23.2 Å². The van der Waals surface area contributed by atoms with E-state index in [1.165, 1.54) is 12.1 Å². The van der Waals surface area contributed by atoms with Gasteiger partial charge in [-0.15, -0.1) is 0 Å². The quantitative estimate of drug-likeness (QED) is 0.616. The van der Waals surface area contributed by atoms with Gasteiger partial charge in [-0.25, -0.2) is 0 Å². The number of benzene rings is 2. The Morgan fingerprint density at radius 1 is 0.852 bits per heavy atom. The molecule has 0 aliphatic rings. The number of carbonyl (C=O) groups is 3. The summed E-state index contributed by atoms with van der Waals surface area (Å²) >= 11 is 11.7. The number of carbonyl (C=O) groups excluding carboxylic acids is 3. The third-order valence-corrected chi connectivity index (χ3v) is 4.45. The van der Waals surface area contributed by atoms with Crippen LogP contribution in [0.5, 0.6) is 0 Å². The van der Waals surface area contributed by atoms with Crippen molar-refractivity contribution < 1.29 is 14.4 Å². The summed E-state index contributed by atoms with van der Waals surface area (Å²) in [5, 5.41) is 8.50. The highest BCUT2D eigenvalue weighted by Crippen LogP contribution is 2.22. The van der Waals surface area contributed by atoms with Gasteiger partial charge < -0.3 is 16.0 Å². The van der Waals surface area contributed by atoms with Crippen LogP contribution in [-0.2, 0) is 4.79 Å². The SMILES string of the molecule is Cc1ccccc1C(=O)NCC(=O)NCCNC(=O)c1ccc(Cl)c(Cl)c1. The van der Waals surface area contributed by atoms with Gasteiger partial charge in [0.25, 0.3) is 11.8 Å². The minimum atomic E-state index is -0.347. The third kappa shape index (κ3) is 6.27. The van der Waals surface area contributed by atoms with E-state index in [2.05, 4.69) is 16.0 Å². The number of amides is 3. The fraction of sp³-hybridized carbons (Fsp3) is 0.211. The minimum Gasteiger partial charge on any atom is -0.353 e. The van der Waals surface area contributed by atoms with Crippen molar-refractivity contribution >= 4 is 40.9 Å². The summed E-state index contributed by atoms with van der Waals surface area (Å²) in [5.74, 6) is -0.979. The highest BCUT2D eigenvalue weighted by atomic mass is 35.5. The molecule has 0 atom stereocenters. The van der Waals surface area contributed by atoms with Crippen LogP contribution in [0.25, 0.3) is 0 Å². The molecule has 0 saturated heterocycles. The van der Waals surface area contributed by atoms with Gasteiger partial charge in [0, 0.05) is 24.2 Å². The number of nitrogens with one attached hydrogen (secondary N) is 3. The molecule has 2 aromatic rings. The topological polar surface area (TPSA) is 87.3 Å². The number of hydrogen-bond donors (Lipinski definition) is 3. The zero-order valence-electron chi connectivity index (χ0n) is 14.6. The van der Waals surface area contributed by atoms with Gasteiger partial charge in [-0.2, -0.15) is 0 Å². The maximum atomic E-state index is 12.0. The molecule has 2 aromatic carbocycles. The van der Waals surface area contributed by atoms with E-state index in [1.54, 1.807) is 18.2 Å². The fourth-order valence-electron chi connectivity index (χ4n) is 2.26. The van der Waals surface area contributed by atoms with Gasteiger partial charge in [-0.05, 0) is 36.8 Å². The number of aryl methyl sites for hydroxylation is 1. The lowest BCUT2D eigenvalue weighted by Gasteiger charge is -2.09. The average molecular weight is 408 g/mol. The average Bonchev–Trinajstić information content (AvgIpc) is 2.65. The van der Waals surface area contributed by atoms with E-state index in [0.29, 0.717) is 21.2 Å². The van der Waals surface area contributed by atoms with Crippen LogP contribution < -0.4 is 16.0 Å². The Balaban J connectivity index is 1.68. The summed E-state index contributed by atoms with van der Waals surface area (Å²) in [6.07, 6.45) is 0. The number of hydrogen-bond acceptors (Lipinski definition) is 3. The zero-order valence-corrected chi connectivity index (χ0v) is 16.2. The van der Waals surface area contributed by atoms with Crippen LogP contribution in [0.1, 0.15) is 26.3 Å². The number of halogens is 2. The van der Waals surface area contributed by atoms with E-state index in [1.807, 2.05) is 19.1 Å². The van der Waals surface area contributed by atoms with E-state index in [9.17, 15) is 14.4 Å².